The summed E-state index contributed by atoms with van der Waals surface area (Å²) in [5, 5.41) is 2.99. The molecule has 2 aliphatic carbocycles. The fourth-order valence-corrected chi connectivity index (χ4v) is 5.35. The summed E-state index contributed by atoms with van der Waals surface area (Å²) in [6.07, 6.45) is 3.93. The number of benzene rings is 1. The molecular formula is C23H28N2O5. The van der Waals surface area contributed by atoms with E-state index >= 15 is 0 Å². The molecule has 2 saturated carbocycles. The lowest BCUT2D eigenvalue weighted by Crippen LogP contribution is -2.48. The predicted octanol–water partition coefficient (Wildman–Crippen LogP) is 2.54. The maximum Gasteiger partial charge on any atom is 0.329 e. The molecule has 4 rings (SSSR count). The summed E-state index contributed by atoms with van der Waals surface area (Å²) in [4.78, 5) is 51.1. The average Bonchev–Trinajstić information content (AvgIpc) is 3.42. The van der Waals surface area contributed by atoms with Crippen LogP contribution in [0.5, 0.6) is 0 Å². The third-order valence-electron chi connectivity index (χ3n) is 7.02. The minimum absolute atomic E-state index is 0.0302. The molecule has 2 bridgehead atoms. The summed E-state index contributed by atoms with van der Waals surface area (Å²) in [6, 6.07) is 5.36. The number of ether oxygens (including phenoxy) is 1. The van der Waals surface area contributed by atoms with Crippen LogP contribution in [0.15, 0.2) is 24.3 Å². The first-order valence-electron chi connectivity index (χ1n) is 10.8. The van der Waals surface area contributed by atoms with Gasteiger partial charge in [-0.15, -0.1) is 0 Å². The highest BCUT2D eigenvalue weighted by molar-refractivity contribution is 6.22. The lowest BCUT2D eigenvalue weighted by atomic mass is 9.84. The van der Waals surface area contributed by atoms with Crippen molar-refractivity contribution < 1.29 is 23.9 Å². The quantitative estimate of drug-likeness (QED) is 0.573. The fraction of sp³-hybridized carbons (Fsp3) is 0.565. The van der Waals surface area contributed by atoms with Crippen molar-refractivity contribution in [3.05, 3.63) is 35.4 Å². The van der Waals surface area contributed by atoms with Gasteiger partial charge in [-0.05, 0) is 69.9 Å². The van der Waals surface area contributed by atoms with Gasteiger partial charge in [-0.3, -0.25) is 19.3 Å². The van der Waals surface area contributed by atoms with Crippen LogP contribution in [-0.2, 0) is 14.3 Å². The van der Waals surface area contributed by atoms with E-state index in [1.54, 1.807) is 24.3 Å². The standard InChI is InChI=1S/C23H28N2O5/c1-12(19-11-15-8-9-16(19)10-15)24-20(26)14(3)30-23(29)13(2)25-21(27)17-6-4-5-7-18(17)22(25)28/h4-7,12-16,19H,8-11H2,1-3H3,(H,24,26). The molecule has 2 fully saturated rings. The normalized spacial score (nSPS) is 27.6. The van der Waals surface area contributed by atoms with Crippen molar-refractivity contribution in [3.8, 4) is 0 Å². The van der Waals surface area contributed by atoms with E-state index in [9.17, 15) is 19.2 Å². The Morgan fingerprint density at radius 1 is 1.03 bits per heavy atom. The van der Waals surface area contributed by atoms with Gasteiger partial charge in [0.25, 0.3) is 17.7 Å². The van der Waals surface area contributed by atoms with Crippen molar-refractivity contribution in [1.82, 2.24) is 10.2 Å². The third-order valence-corrected chi connectivity index (χ3v) is 7.02. The van der Waals surface area contributed by atoms with E-state index in [-0.39, 0.29) is 23.1 Å². The van der Waals surface area contributed by atoms with Gasteiger partial charge in [-0.1, -0.05) is 18.6 Å². The zero-order valence-electron chi connectivity index (χ0n) is 17.6. The summed E-state index contributed by atoms with van der Waals surface area (Å²) < 4.78 is 5.31. The maximum atomic E-state index is 12.6. The number of fused-ring (bicyclic) bond motifs is 3. The summed E-state index contributed by atoms with van der Waals surface area (Å²) in [5.74, 6) is -0.239. The fourth-order valence-electron chi connectivity index (χ4n) is 5.35. The van der Waals surface area contributed by atoms with Gasteiger partial charge in [0.1, 0.15) is 6.04 Å². The van der Waals surface area contributed by atoms with Crippen LogP contribution in [0.2, 0.25) is 0 Å². The van der Waals surface area contributed by atoms with Gasteiger partial charge >= 0.3 is 5.97 Å². The second-order valence-corrected chi connectivity index (χ2v) is 8.92. The van der Waals surface area contributed by atoms with Crippen LogP contribution >= 0.6 is 0 Å². The Morgan fingerprint density at radius 3 is 2.20 bits per heavy atom. The second-order valence-electron chi connectivity index (χ2n) is 8.92. The zero-order chi connectivity index (χ0) is 21.6. The van der Waals surface area contributed by atoms with Gasteiger partial charge in [0.05, 0.1) is 11.1 Å². The van der Waals surface area contributed by atoms with E-state index in [4.69, 9.17) is 4.74 Å². The minimum Gasteiger partial charge on any atom is -0.451 e. The molecule has 0 saturated heterocycles. The Labute approximate surface area is 176 Å². The smallest absolute Gasteiger partial charge is 0.329 e. The lowest BCUT2D eigenvalue weighted by Gasteiger charge is -2.29. The minimum atomic E-state index is -1.12. The molecule has 1 N–H and O–H groups in total. The SMILES string of the molecule is CC(OC(=O)C(C)N1C(=O)c2ccccc2C1=O)C(=O)NC(C)C1CC2CCC1C2. The van der Waals surface area contributed by atoms with Crippen LogP contribution < -0.4 is 5.32 Å². The Morgan fingerprint density at radius 2 is 1.67 bits per heavy atom. The third kappa shape index (κ3) is 3.50. The van der Waals surface area contributed by atoms with Crippen LogP contribution in [-0.4, -0.2) is 46.8 Å². The molecule has 7 heteroatoms. The van der Waals surface area contributed by atoms with Crippen molar-refractivity contribution in [2.75, 3.05) is 0 Å². The van der Waals surface area contributed by atoms with E-state index in [0.29, 0.717) is 11.8 Å². The highest BCUT2D eigenvalue weighted by Crippen LogP contribution is 2.49. The van der Waals surface area contributed by atoms with Gasteiger partial charge in [-0.25, -0.2) is 4.79 Å². The predicted molar refractivity (Wildman–Crippen MR) is 109 cm³/mol. The molecule has 1 aromatic rings. The van der Waals surface area contributed by atoms with Gasteiger partial charge < -0.3 is 10.1 Å². The molecule has 160 valence electrons. The summed E-state index contributed by atoms with van der Waals surface area (Å²) in [7, 11) is 0. The second kappa shape index (κ2) is 7.85. The monoisotopic (exact) mass is 412 g/mol. The summed E-state index contributed by atoms with van der Waals surface area (Å²) in [5.41, 5.74) is 0.542. The number of nitrogens with one attached hydrogen (secondary N) is 1. The molecule has 0 aromatic heterocycles. The Bertz CT molecular complexity index is 862. The molecular weight excluding hydrogens is 384 g/mol. The molecule has 3 amide bonds. The van der Waals surface area contributed by atoms with Crippen LogP contribution in [0.25, 0.3) is 0 Å². The number of amides is 3. The van der Waals surface area contributed by atoms with Crippen LogP contribution in [0.1, 0.15) is 67.2 Å². The van der Waals surface area contributed by atoms with E-state index < -0.39 is 29.9 Å². The Hall–Kier alpha value is -2.70. The highest BCUT2D eigenvalue weighted by Gasteiger charge is 2.43. The highest BCUT2D eigenvalue weighted by atomic mass is 16.5. The van der Waals surface area contributed by atoms with Gasteiger partial charge in [0.2, 0.25) is 0 Å². The van der Waals surface area contributed by atoms with Crippen molar-refractivity contribution in [2.45, 2.75) is 64.6 Å². The molecule has 0 spiro atoms. The topological polar surface area (TPSA) is 92.8 Å². The first-order valence-corrected chi connectivity index (χ1v) is 10.8. The number of esters is 1. The van der Waals surface area contributed by atoms with E-state index in [2.05, 4.69) is 5.32 Å². The van der Waals surface area contributed by atoms with E-state index in [0.717, 1.165) is 17.2 Å². The van der Waals surface area contributed by atoms with Crippen molar-refractivity contribution in [1.29, 1.82) is 0 Å². The number of nitrogens with zero attached hydrogens (tertiary/aromatic N) is 1. The van der Waals surface area contributed by atoms with Gasteiger partial charge in [0.15, 0.2) is 6.10 Å². The first-order chi connectivity index (χ1) is 14.3. The Balaban J connectivity index is 1.33. The molecule has 0 radical (unpaired) electrons. The molecule has 7 nitrogen and oxygen atoms in total. The number of hydrogen-bond acceptors (Lipinski definition) is 5. The zero-order valence-corrected chi connectivity index (χ0v) is 17.6. The van der Waals surface area contributed by atoms with Crippen LogP contribution in [0.4, 0.5) is 0 Å². The van der Waals surface area contributed by atoms with Crippen LogP contribution in [0, 0.1) is 17.8 Å². The molecule has 6 atom stereocenters. The summed E-state index contributed by atoms with van der Waals surface area (Å²) >= 11 is 0. The number of carbonyl (C=O) groups excluding carboxylic acids is 4. The molecule has 1 aromatic carbocycles. The molecule has 6 unspecified atom stereocenters. The number of hydrogen-bond donors (Lipinski definition) is 1. The number of imide groups is 1. The Kier molecular flexibility index (Phi) is 5.38. The van der Waals surface area contributed by atoms with Gasteiger partial charge in [0, 0.05) is 6.04 Å². The first kappa shape index (κ1) is 20.6. The average molecular weight is 412 g/mol. The number of carbonyl (C=O) groups is 4. The van der Waals surface area contributed by atoms with Crippen molar-refractivity contribution in [3.63, 3.8) is 0 Å². The largest absolute Gasteiger partial charge is 0.451 e. The van der Waals surface area contributed by atoms with Crippen molar-refractivity contribution in [2.24, 2.45) is 17.8 Å². The molecule has 1 heterocycles. The maximum absolute atomic E-state index is 12.6. The van der Waals surface area contributed by atoms with Crippen LogP contribution in [0.3, 0.4) is 0 Å². The molecule has 3 aliphatic rings. The molecule has 30 heavy (non-hydrogen) atoms. The van der Waals surface area contributed by atoms with Gasteiger partial charge in [-0.2, -0.15) is 0 Å². The van der Waals surface area contributed by atoms with E-state index in [1.807, 2.05) is 6.92 Å². The lowest BCUT2D eigenvalue weighted by molar-refractivity contribution is -0.158. The summed E-state index contributed by atoms with van der Waals surface area (Å²) in [6.45, 7) is 4.96. The van der Waals surface area contributed by atoms with E-state index in [1.165, 1.54) is 33.1 Å². The number of rotatable bonds is 6. The molecule has 1 aliphatic heterocycles. The van der Waals surface area contributed by atoms with Crippen molar-refractivity contribution >= 4 is 23.7 Å².